The van der Waals surface area contributed by atoms with E-state index in [0.29, 0.717) is 17.6 Å². The molecular weight excluding hydrogens is 296 g/mol. The number of aliphatic hydroxyl groups is 1. The summed E-state index contributed by atoms with van der Waals surface area (Å²) in [6.45, 7) is 8.79. The van der Waals surface area contributed by atoms with Crippen molar-refractivity contribution in [2.24, 2.45) is 28.6 Å². The first-order chi connectivity index (χ1) is 11.3. The van der Waals surface area contributed by atoms with Crippen molar-refractivity contribution in [2.45, 2.75) is 78.7 Å². The summed E-state index contributed by atoms with van der Waals surface area (Å²) in [6.07, 6.45) is 9.99. The van der Waals surface area contributed by atoms with E-state index in [1.165, 1.54) is 17.6 Å². The fourth-order valence-corrected chi connectivity index (χ4v) is 7.27. The van der Waals surface area contributed by atoms with Gasteiger partial charge in [0.1, 0.15) is 0 Å². The Hall–Kier alpha value is -0.890. The van der Waals surface area contributed by atoms with Crippen LogP contribution < -0.4 is 0 Å². The zero-order valence-corrected chi connectivity index (χ0v) is 15.7. The van der Waals surface area contributed by atoms with Crippen molar-refractivity contribution >= 4 is 5.78 Å². The first-order valence-corrected chi connectivity index (χ1v) is 9.86. The summed E-state index contributed by atoms with van der Waals surface area (Å²) >= 11 is 0. The van der Waals surface area contributed by atoms with Crippen molar-refractivity contribution in [2.75, 3.05) is 0 Å². The Labute approximate surface area is 146 Å². The van der Waals surface area contributed by atoms with Gasteiger partial charge in [0.2, 0.25) is 0 Å². The van der Waals surface area contributed by atoms with Gasteiger partial charge in [-0.2, -0.15) is 0 Å². The van der Waals surface area contributed by atoms with E-state index in [9.17, 15) is 9.90 Å². The average molecular weight is 328 g/mol. The lowest BCUT2D eigenvalue weighted by atomic mass is 9.47. The van der Waals surface area contributed by atoms with E-state index in [1.807, 2.05) is 0 Å². The molecule has 24 heavy (non-hydrogen) atoms. The van der Waals surface area contributed by atoms with Gasteiger partial charge in [0.25, 0.3) is 0 Å². The van der Waals surface area contributed by atoms with E-state index in [2.05, 4.69) is 26.8 Å². The number of allylic oxidation sites excluding steroid dienone is 3. The summed E-state index contributed by atoms with van der Waals surface area (Å²) in [7, 11) is 0. The molecule has 0 radical (unpaired) electrons. The van der Waals surface area contributed by atoms with Crippen molar-refractivity contribution in [3.63, 3.8) is 0 Å². The molecule has 0 heterocycles. The molecule has 4 aliphatic rings. The molecule has 6 atom stereocenters. The highest BCUT2D eigenvalue weighted by Gasteiger charge is 2.58. The van der Waals surface area contributed by atoms with Crippen LogP contribution in [0.15, 0.2) is 22.8 Å². The minimum Gasteiger partial charge on any atom is -0.393 e. The van der Waals surface area contributed by atoms with Gasteiger partial charge < -0.3 is 5.11 Å². The molecule has 0 aromatic heterocycles. The lowest BCUT2D eigenvalue weighted by Crippen LogP contribution is -2.50. The third-order valence-electron chi connectivity index (χ3n) is 8.34. The lowest BCUT2D eigenvalue weighted by molar-refractivity contribution is -0.115. The lowest BCUT2D eigenvalue weighted by Gasteiger charge is -2.57. The molecule has 1 N–H and O–H groups in total. The van der Waals surface area contributed by atoms with Gasteiger partial charge in [0.15, 0.2) is 5.78 Å². The molecule has 2 fully saturated rings. The maximum absolute atomic E-state index is 12.3. The van der Waals surface area contributed by atoms with E-state index < -0.39 is 0 Å². The molecule has 0 spiro atoms. The second-order valence-electron chi connectivity index (χ2n) is 9.53. The van der Waals surface area contributed by atoms with Gasteiger partial charge in [-0.15, -0.1) is 0 Å². The van der Waals surface area contributed by atoms with Crippen LogP contribution in [0.2, 0.25) is 0 Å². The molecule has 0 bridgehead atoms. The SMILES string of the molecule is CC(=O)C1=C(C)CC2C3CC=C4CC(O)CC[C@]4(C)C3CC[C@]12C. The van der Waals surface area contributed by atoms with Crippen LogP contribution in [0.5, 0.6) is 0 Å². The van der Waals surface area contributed by atoms with Crippen molar-refractivity contribution in [1.82, 2.24) is 0 Å². The number of rotatable bonds is 1. The summed E-state index contributed by atoms with van der Waals surface area (Å²) in [5.74, 6) is 2.38. The van der Waals surface area contributed by atoms with Crippen LogP contribution in [0.1, 0.15) is 72.6 Å². The van der Waals surface area contributed by atoms with Gasteiger partial charge in [-0.3, -0.25) is 4.79 Å². The molecule has 4 unspecified atom stereocenters. The van der Waals surface area contributed by atoms with Gasteiger partial charge in [-0.25, -0.2) is 0 Å². The highest BCUT2D eigenvalue weighted by atomic mass is 16.3. The molecule has 4 aliphatic carbocycles. The van der Waals surface area contributed by atoms with Crippen molar-refractivity contribution in [3.05, 3.63) is 22.8 Å². The number of carbonyl (C=O) groups excluding carboxylic acids is 1. The second-order valence-corrected chi connectivity index (χ2v) is 9.53. The molecule has 2 saturated carbocycles. The Morgan fingerprint density at radius 2 is 1.83 bits per heavy atom. The van der Waals surface area contributed by atoms with Crippen LogP contribution >= 0.6 is 0 Å². The number of aliphatic hydroxyl groups excluding tert-OH is 1. The molecule has 4 rings (SSSR count). The van der Waals surface area contributed by atoms with Crippen molar-refractivity contribution in [3.8, 4) is 0 Å². The molecule has 0 amide bonds. The largest absolute Gasteiger partial charge is 0.393 e. The first kappa shape index (κ1) is 16.6. The molecular formula is C22H32O2. The van der Waals surface area contributed by atoms with E-state index in [4.69, 9.17) is 0 Å². The summed E-state index contributed by atoms with van der Waals surface area (Å²) < 4.78 is 0. The maximum atomic E-state index is 12.3. The summed E-state index contributed by atoms with van der Waals surface area (Å²) in [5, 5.41) is 10.1. The third-order valence-corrected chi connectivity index (χ3v) is 8.34. The third kappa shape index (κ3) is 2.08. The Bertz CT molecular complexity index is 642. The first-order valence-electron chi connectivity index (χ1n) is 9.86. The fraction of sp³-hybridized carbons (Fsp3) is 0.773. The van der Waals surface area contributed by atoms with Gasteiger partial charge in [-0.1, -0.05) is 31.1 Å². The van der Waals surface area contributed by atoms with E-state index in [-0.39, 0.29) is 16.9 Å². The standard InChI is InChI=1S/C22H32O2/c1-13-11-19-17-6-5-15-12-16(24)7-9-21(15,3)18(17)8-10-22(19,4)20(13)14(2)23/h5,16-19,24H,6-12H2,1-4H3/t16?,17?,18?,19?,21-,22-/m0/s1. The van der Waals surface area contributed by atoms with Crippen molar-refractivity contribution < 1.29 is 9.90 Å². The van der Waals surface area contributed by atoms with Crippen LogP contribution in [0.25, 0.3) is 0 Å². The Morgan fingerprint density at radius 3 is 2.54 bits per heavy atom. The van der Waals surface area contributed by atoms with Crippen LogP contribution in [0.4, 0.5) is 0 Å². The van der Waals surface area contributed by atoms with Gasteiger partial charge in [0, 0.05) is 0 Å². The normalized spacial score (nSPS) is 47.6. The van der Waals surface area contributed by atoms with E-state index >= 15 is 0 Å². The van der Waals surface area contributed by atoms with Crippen LogP contribution in [0.3, 0.4) is 0 Å². The zero-order valence-electron chi connectivity index (χ0n) is 15.7. The molecule has 2 heteroatoms. The number of ketones is 1. The maximum Gasteiger partial charge on any atom is 0.156 e. The minimum absolute atomic E-state index is 0.104. The molecule has 2 nitrogen and oxygen atoms in total. The topological polar surface area (TPSA) is 37.3 Å². The number of fused-ring (bicyclic) bond motifs is 5. The molecule has 0 aromatic carbocycles. The predicted octanol–water partition coefficient (Wildman–Crippen LogP) is 4.83. The van der Waals surface area contributed by atoms with Crippen molar-refractivity contribution in [1.29, 1.82) is 0 Å². The predicted molar refractivity (Wildman–Crippen MR) is 96.5 cm³/mol. The van der Waals surface area contributed by atoms with Crippen LogP contribution in [-0.2, 0) is 4.79 Å². The van der Waals surface area contributed by atoms with Gasteiger partial charge in [-0.05, 0) is 93.0 Å². The highest BCUT2D eigenvalue weighted by Crippen LogP contribution is 2.65. The number of hydrogen-bond acceptors (Lipinski definition) is 2. The second kappa shape index (κ2) is 5.30. The zero-order chi connectivity index (χ0) is 17.3. The summed E-state index contributed by atoms with van der Waals surface area (Å²) in [6, 6.07) is 0. The van der Waals surface area contributed by atoms with Gasteiger partial charge in [0.05, 0.1) is 6.10 Å². The quantitative estimate of drug-likeness (QED) is 0.700. The Balaban J connectivity index is 1.70. The smallest absolute Gasteiger partial charge is 0.156 e. The van der Waals surface area contributed by atoms with Crippen LogP contribution in [-0.4, -0.2) is 17.0 Å². The molecule has 0 aliphatic heterocycles. The Morgan fingerprint density at radius 1 is 1.12 bits per heavy atom. The average Bonchev–Trinajstić information content (AvgIpc) is 2.78. The van der Waals surface area contributed by atoms with Gasteiger partial charge >= 0.3 is 0 Å². The number of Topliss-reactive ketones (excluding diaryl/α,β-unsaturated/α-hetero) is 1. The summed E-state index contributed by atoms with van der Waals surface area (Å²) in [5.41, 5.74) is 4.43. The minimum atomic E-state index is -0.130. The molecule has 0 saturated heterocycles. The number of hydrogen-bond donors (Lipinski definition) is 1. The Kier molecular flexibility index (Phi) is 3.66. The number of carbonyl (C=O) groups is 1. The van der Waals surface area contributed by atoms with E-state index in [0.717, 1.165) is 50.0 Å². The monoisotopic (exact) mass is 328 g/mol. The molecule has 132 valence electrons. The summed E-state index contributed by atoms with van der Waals surface area (Å²) in [4.78, 5) is 12.3. The highest BCUT2D eigenvalue weighted by molar-refractivity contribution is 5.96. The fourth-order valence-electron chi connectivity index (χ4n) is 7.27. The van der Waals surface area contributed by atoms with E-state index in [1.54, 1.807) is 6.92 Å². The molecule has 0 aromatic rings. The van der Waals surface area contributed by atoms with Crippen LogP contribution in [0, 0.1) is 28.6 Å².